The van der Waals surface area contributed by atoms with Gasteiger partial charge in [-0.2, -0.15) is 0 Å². The molecule has 0 rings (SSSR count). The molecule has 0 aromatic carbocycles. The van der Waals surface area contributed by atoms with Crippen LogP contribution >= 0.6 is 7.60 Å². The molecule has 0 bridgehead atoms. The van der Waals surface area contributed by atoms with Crippen LogP contribution in [0.5, 0.6) is 0 Å². The van der Waals surface area contributed by atoms with E-state index in [1.807, 2.05) is 6.92 Å². The van der Waals surface area contributed by atoms with E-state index in [-0.39, 0.29) is 0 Å². The van der Waals surface area contributed by atoms with Gasteiger partial charge in [0.1, 0.15) is 0 Å². The van der Waals surface area contributed by atoms with Crippen molar-refractivity contribution in [3.8, 4) is 0 Å². The second-order valence-corrected chi connectivity index (χ2v) is 8.08. The molecule has 22 heavy (non-hydrogen) atoms. The van der Waals surface area contributed by atoms with Crippen LogP contribution in [0.4, 0.5) is 0 Å². The lowest BCUT2D eigenvalue weighted by Gasteiger charge is -2.17. The molecule has 5 heteroatoms. The maximum Gasteiger partial charge on any atom is 0.362 e. The van der Waals surface area contributed by atoms with Gasteiger partial charge in [0.15, 0.2) is 5.85 Å². The van der Waals surface area contributed by atoms with E-state index in [4.69, 9.17) is 9.05 Å². The highest BCUT2D eigenvalue weighted by Gasteiger charge is 2.30. The Balaban J connectivity index is 4.38. The molecule has 0 heterocycles. The molecule has 0 aliphatic rings. The topological polar surface area (TPSA) is 55.8 Å². The summed E-state index contributed by atoms with van der Waals surface area (Å²) in [4.78, 5) is 0. The van der Waals surface area contributed by atoms with Crippen molar-refractivity contribution < 1.29 is 18.7 Å². The second-order valence-electron chi connectivity index (χ2n) is 5.74. The quantitative estimate of drug-likeness (QED) is 0.441. The molecule has 128 valence electrons. The molecule has 0 aliphatic carbocycles. The molecule has 0 spiro atoms. The first-order valence-corrected chi connectivity index (χ1v) is 9.22. The predicted octanol–water partition coefficient (Wildman–Crippen LogP) is 5.21. The highest BCUT2D eigenvalue weighted by Crippen LogP contribution is 2.51. The van der Waals surface area contributed by atoms with E-state index in [1.54, 1.807) is 6.08 Å². The fraction of sp³-hybridized carbons (Fsp3) is 0.647. The maximum absolute atomic E-state index is 12.0. The van der Waals surface area contributed by atoms with Gasteiger partial charge < -0.3 is 14.2 Å². The zero-order valence-electron chi connectivity index (χ0n) is 14.8. The van der Waals surface area contributed by atoms with Crippen LogP contribution in [-0.2, 0) is 13.6 Å². The zero-order valence-corrected chi connectivity index (χ0v) is 15.7. The minimum Gasteiger partial charge on any atom is -0.377 e. The van der Waals surface area contributed by atoms with Crippen LogP contribution in [0.2, 0.25) is 0 Å². The van der Waals surface area contributed by atoms with E-state index >= 15 is 0 Å². The number of allylic oxidation sites excluding steroid dienone is 5. The first-order valence-electron chi connectivity index (χ1n) is 7.60. The number of hydrogen-bond donors (Lipinski definition) is 1. The van der Waals surface area contributed by atoms with E-state index in [1.165, 1.54) is 25.4 Å². The Morgan fingerprint density at radius 3 is 2.00 bits per heavy atom. The van der Waals surface area contributed by atoms with Crippen LogP contribution in [0.1, 0.15) is 53.4 Å². The van der Waals surface area contributed by atoms with Gasteiger partial charge in [-0.05, 0) is 59.5 Å². The minimum absolute atomic E-state index is 0.810. The van der Waals surface area contributed by atoms with Gasteiger partial charge >= 0.3 is 7.60 Å². The molecule has 0 amide bonds. The Bertz CT molecular complexity index is 451. The summed E-state index contributed by atoms with van der Waals surface area (Å²) in [5.74, 6) is -1.22. The number of hydrogen-bond acceptors (Lipinski definition) is 4. The fourth-order valence-corrected chi connectivity index (χ4v) is 2.97. The first kappa shape index (κ1) is 21.3. The van der Waals surface area contributed by atoms with Crippen molar-refractivity contribution in [2.24, 2.45) is 0 Å². The van der Waals surface area contributed by atoms with Gasteiger partial charge in [-0.1, -0.05) is 28.9 Å². The Kier molecular flexibility index (Phi) is 10.6. The Morgan fingerprint density at radius 1 is 1.00 bits per heavy atom. The average Bonchev–Trinajstić information content (AvgIpc) is 2.45. The standard InChI is InChI=1S/C17H31O4P/c1-14(2)9-7-10-15(3)11-8-12-16(4)13-17(18)22(19,20-5)21-6/h9,11,13,17-18H,7-8,10,12H2,1-6H3/b15-11+,16-13+. The average molecular weight is 330 g/mol. The lowest BCUT2D eigenvalue weighted by molar-refractivity contribution is 0.200. The first-order chi connectivity index (χ1) is 10.2. The van der Waals surface area contributed by atoms with E-state index < -0.39 is 13.4 Å². The molecule has 4 nitrogen and oxygen atoms in total. The summed E-state index contributed by atoms with van der Waals surface area (Å²) in [7, 11) is -0.898. The molecule has 0 saturated heterocycles. The SMILES string of the molecule is COP(=O)(OC)C(O)/C=C(\C)CC/C=C(\C)CCC=C(C)C. The maximum atomic E-state index is 12.0. The van der Waals surface area contributed by atoms with E-state index in [0.717, 1.165) is 31.3 Å². The molecule has 0 aliphatic heterocycles. The van der Waals surface area contributed by atoms with Crippen molar-refractivity contribution in [1.29, 1.82) is 0 Å². The smallest absolute Gasteiger partial charge is 0.362 e. The second kappa shape index (κ2) is 11.0. The van der Waals surface area contributed by atoms with E-state index in [9.17, 15) is 9.67 Å². The number of aliphatic hydroxyl groups excluding tert-OH is 1. The normalized spacial score (nSPS) is 14.9. The molecule has 1 unspecified atom stereocenters. The summed E-state index contributed by atoms with van der Waals surface area (Å²) in [6, 6.07) is 0. The monoisotopic (exact) mass is 330 g/mol. The molecule has 0 aromatic rings. The molecule has 0 aromatic heterocycles. The van der Waals surface area contributed by atoms with Gasteiger partial charge in [-0.25, -0.2) is 0 Å². The van der Waals surface area contributed by atoms with Gasteiger partial charge in [0.05, 0.1) is 0 Å². The van der Waals surface area contributed by atoms with Crippen molar-refractivity contribution in [2.45, 2.75) is 59.2 Å². The van der Waals surface area contributed by atoms with Crippen LogP contribution in [0.25, 0.3) is 0 Å². The van der Waals surface area contributed by atoms with Crippen LogP contribution in [-0.4, -0.2) is 25.2 Å². The molecular formula is C17H31O4P. The zero-order chi connectivity index (χ0) is 17.2. The third kappa shape index (κ3) is 8.70. The van der Waals surface area contributed by atoms with Gasteiger partial charge in [0.25, 0.3) is 0 Å². The summed E-state index contributed by atoms with van der Waals surface area (Å²) >= 11 is 0. The van der Waals surface area contributed by atoms with Crippen molar-refractivity contribution >= 4 is 7.60 Å². The summed E-state index contributed by atoms with van der Waals surface area (Å²) in [6.45, 7) is 8.26. The minimum atomic E-state index is -3.44. The van der Waals surface area contributed by atoms with E-state index in [2.05, 4.69) is 32.9 Å². The van der Waals surface area contributed by atoms with Crippen molar-refractivity contribution in [3.05, 3.63) is 34.9 Å². The predicted molar refractivity (Wildman–Crippen MR) is 93.0 cm³/mol. The molecule has 1 N–H and O–H groups in total. The van der Waals surface area contributed by atoms with Gasteiger partial charge in [0.2, 0.25) is 0 Å². The highest BCUT2D eigenvalue weighted by molar-refractivity contribution is 7.54. The van der Waals surface area contributed by atoms with Gasteiger partial charge in [-0.15, -0.1) is 0 Å². The fourth-order valence-electron chi connectivity index (χ4n) is 1.96. The third-order valence-corrected chi connectivity index (χ3v) is 5.20. The summed E-state index contributed by atoms with van der Waals surface area (Å²) < 4.78 is 21.5. The summed E-state index contributed by atoms with van der Waals surface area (Å²) in [6.07, 6.45) is 9.87. The number of rotatable bonds is 10. The van der Waals surface area contributed by atoms with E-state index in [0.29, 0.717) is 0 Å². The lowest BCUT2D eigenvalue weighted by Crippen LogP contribution is -2.07. The van der Waals surface area contributed by atoms with Gasteiger partial charge in [0, 0.05) is 14.2 Å². The third-order valence-electron chi connectivity index (χ3n) is 3.39. The summed E-state index contributed by atoms with van der Waals surface area (Å²) in [5, 5.41) is 9.90. The van der Waals surface area contributed by atoms with Crippen LogP contribution in [0, 0.1) is 0 Å². The largest absolute Gasteiger partial charge is 0.377 e. The van der Waals surface area contributed by atoms with Crippen LogP contribution in [0.3, 0.4) is 0 Å². The molecule has 0 radical (unpaired) electrons. The van der Waals surface area contributed by atoms with Gasteiger partial charge in [-0.3, -0.25) is 4.57 Å². The molecule has 1 atom stereocenters. The Hall–Kier alpha value is -0.670. The molecule has 0 saturated carbocycles. The lowest BCUT2D eigenvalue weighted by atomic mass is 10.1. The number of aliphatic hydroxyl groups is 1. The molecular weight excluding hydrogens is 299 g/mol. The van der Waals surface area contributed by atoms with Crippen molar-refractivity contribution in [2.75, 3.05) is 14.2 Å². The Labute approximate surface area is 135 Å². The summed E-state index contributed by atoms with van der Waals surface area (Å²) in [5.41, 5.74) is 3.68. The van der Waals surface area contributed by atoms with Crippen LogP contribution < -0.4 is 0 Å². The van der Waals surface area contributed by atoms with Crippen molar-refractivity contribution in [1.82, 2.24) is 0 Å². The van der Waals surface area contributed by atoms with Crippen LogP contribution in [0.15, 0.2) is 34.9 Å². The Morgan fingerprint density at radius 2 is 1.50 bits per heavy atom. The van der Waals surface area contributed by atoms with Crippen molar-refractivity contribution in [3.63, 3.8) is 0 Å². The molecule has 0 fully saturated rings. The highest BCUT2D eigenvalue weighted by atomic mass is 31.2.